The summed E-state index contributed by atoms with van der Waals surface area (Å²) in [6, 6.07) is 9.97. The van der Waals surface area contributed by atoms with Crippen molar-refractivity contribution in [1.82, 2.24) is 0 Å². The van der Waals surface area contributed by atoms with Crippen molar-refractivity contribution >= 4 is 13.5 Å². The Morgan fingerprint density at radius 1 is 1.19 bits per heavy atom. The van der Waals surface area contributed by atoms with Gasteiger partial charge in [-0.3, -0.25) is 0 Å². The smallest absolute Gasteiger partial charge is 0.190 e. The van der Waals surface area contributed by atoms with E-state index in [1.165, 1.54) is 0 Å². The van der Waals surface area contributed by atoms with E-state index in [1.54, 1.807) is 12.2 Å². The topological polar surface area (TPSA) is 54.0 Å². The lowest BCUT2D eigenvalue weighted by Crippen LogP contribution is -2.36. The largest absolute Gasteiger partial charge is 0.368 e. The number of hydrogen-bond acceptors (Lipinski definition) is 5. The summed E-state index contributed by atoms with van der Waals surface area (Å²) in [5.74, 6) is -0.702. The molecule has 0 radical (unpaired) electrons. The summed E-state index contributed by atoms with van der Waals surface area (Å²) >= 11 is 0. The number of ether oxygens (including phenoxy) is 4. The van der Waals surface area contributed by atoms with E-state index in [1.807, 2.05) is 63.8 Å². The third kappa shape index (κ3) is 4.50. The van der Waals surface area contributed by atoms with Gasteiger partial charge in [0, 0.05) is 0 Å². The Kier molecular flexibility index (Phi) is 5.51. The van der Waals surface area contributed by atoms with E-state index < -0.39 is 20.2 Å². The van der Waals surface area contributed by atoms with Crippen LogP contribution in [0, 0.1) is 0 Å². The van der Waals surface area contributed by atoms with Crippen LogP contribution < -0.4 is 0 Å². The van der Waals surface area contributed by atoms with Gasteiger partial charge in [-0.15, -0.1) is 0 Å². The molecule has 26 heavy (non-hydrogen) atoms. The minimum Gasteiger partial charge on any atom is -0.368 e. The number of allylic oxidation sites excluding steroid dienone is 1. The molecule has 0 bridgehead atoms. The number of rotatable bonds is 6. The number of carbonyl (C=O) groups is 1. The molecular weight excluding hydrogens is 348 g/mol. The molecule has 0 saturated carbocycles. The lowest BCUT2D eigenvalue weighted by molar-refractivity contribution is -0.213. The van der Waals surface area contributed by atoms with E-state index in [0.717, 1.165) is 5.56 Å². The van der Waals surface area contributed by atoms with Gasteiger partial charge in [-0.05, 0) is 25.5 Å². The van der Waals surface area contributed by atoms with Crippen LogP contribution in [-0.2, 0) is 30.3 Å². The van der Waals surface area contributed by atoms with Crippen LogP contribution in [0.1, 0.15) is 19.4 Å². The van der Waals surface area contributed by atoms with Gasteiger partial charge in [-0.1, -0.05) is 56.0 Å². The monoisotopic (exact) mass is 376 g/mol. The van der Waals surface area contributed by atoms with Gasteiger partial charge >= 0.3 is 0 Å². The Morgan fingerprint density at radius 3 is 2.54 bits per heavy atom. The summed E-state index contributed by atoms with van der Waals surface area (Å²) in [5.41, 5.74) is 1.08. The van der Waals surface area contributed by atoms with E-state index in [9.17, 15) is 4.79 Å². The van der Waals surface area contributed by atoms with Crippen LogP contribution in [0.15, 0.2) is 42.5 Å². The zero-order valence-electron chi connectivity index (χ0n) is 16.1. The maximum Gasteiger partial charge on any atom is 0.190 e. The summed E-state index contributed by atoms with van der Waals surface area (Å²) < 4.78 is 24.0. The van der Waals surface area contributed by atoms with E-state index in [0.29, 0.717) is 6.61 Å². The van der Waals surface area contributed by atoms with Gasteiger partial charge in [0.05, 0.1) is 6.61 Å². The minimum absolute atomic E-state index is 0.183. The molecule has 2 aliphatic heterocycles. The molecule has 0 aromatic heterocycles. The van der Waals surface area contributed by atoms with Crippen LogP contribution in [-0.4, -0.2) is 43.9 Å². The van der Waals surface area contributed by atoms with Crippen molar-refractivity contribution in [1.29, 1.82) is 0 Å². The second-order valence-electron chi connectivity index (χ2n) is 8.30. The molecule has 2 fully saturated rings. The third-order valence-electron chi connectivity index (χ3n) is 4.49. The van der Waals surface area contributed by atoms with Crippen LogP contribution in [0.3, 0.4) is 0 Å². The van der Waals surface area contributed by atoms with E-state index in [4.69, 9.17) is 18.9 Å². The second kappa shape index (κ2) is 7.36. The normalized spacial score (nSPS) is 30.7. The SMILES string of the molecule is CC1(C)O[C@H]2O[C@H](/C=C/C(=O)[Si](C)(C)C)[C@H](OCc3ccccc3)[C@H]2O1. The molecule has 2 heterocycles. The zero-order chi connectivity index (χ0) is 18.9. The maximum atomic E-state index is 12.3. The Hall–Kier alpha value is -1.31. The fraction of sp³-hybridized carbons (Fsp3) is 0.550. The molecule has 5 nitrogen and oxygen atoms in total. The fourth-order valence-corrected chi connectivity index (χ4v) is 3.64. The van der Waals surface area contributed by atoms with Crippen LogP contribution in [0.4, 0.5) is 0 Å². The van der Waals surface area contributed by atoms with Crippen molar-refractivity contribution < 1.29 is 23.7 Å². The van der Waals surface area contributed by atoms with Gasteiger partial charge in [-0.25, -0.2) is 0 Å². The number of fused-ring (bicyclic) bond motifs is 1. The van der Waals surface area contributed by atoms with Gasteiger partial charge in [0.25, 0.3) is 0 Å². The van der Waals surface area contributed by atoms with Gasteiger partial charge in [0.15, 0.2) is 12.1 Å². The highest BCUT2D eigenvalue weighted by molar-refractivity contribution is 7.04. The molecule has 2 aliphatic rings. The molecule has 2 saturated heterocycles. The van der Waals surface area contributed by atoms with Crippen molar-refractivity contribution in [2.45, 2.75) is 70.5 Å². The molecule has 0 aliphatic carbocycles. The van der Waals surface area contributed by atoms with E-state index >= 15 is 0 Å². The van der Waals surface area contributed by atoms with Crippen molar-refractivity contribution in [3.05, 3.63) is 48.0 Å². The molecule has 0 amide bonds. The first-order chi connectivity index (χ1) is 12.2. The average molecular weight is 377 g/mol. The van der Waals surface area contributed by atoms with Crippen LogP contribution in [0.2, 0.25) is 19.6 Å². The summed E-state index contributed by atoms with van der Waals surface area (Å²) in [6.07, 6.45) is 1.95. The Labute approximate surface area is 156 Å². The van der Waals surface area contributed by atoms with Gasteiger partial charge in [-0.2, -0.15) is 0 Å². The number of hydrogen-bond donors (Lipinski definition) is 0. The van der Waals surface area contributed by atoms with Crippen molar-refractivity contribution in [3.8, 4) is 0 Å². The molecule has 0 unspecified atom stereocenters. The van der Waals surface area contributed by atoms with Crippen molar-refractivity contribution in [3.63, 3.8) is 0 Å². The van der Waals surface area contributed by atoms with Gasteiger partial charge in [0.1, 0.15) is 31.8 Å². The van der Waals surface area contributed by atoms with Gasteiger partial charge in [0.2, 0.25) is 0 Å². The molecule has 0 N–H and O–H groups in total. The highest BCUT2D eigenvalue weighted by atomic mass is 28.3. The van der Waals surface area contributed by atoms with E-state index in [2.05, 4.69) is 0 Å². The molecule has 0 spiro atoms. The molecule has 6 heteroatoms. The lowest BCUT2D eigenvalue weighted by atomic mass is 10.1. The molecule has 1 aromatic rings. The molecule has 142 valence electrons. The van der Waals surface area contributed by atoms with Crippen molar-refractivity contribution in [2.24, 2.45) is 0 Å². The third-order valence-corrected chi connectivity index (χ3v) is 6.13. The highest BCUT2D eigenvalue weighted by Crippen LogP contribution is 2.39. The summed E-state index contributed by atoms with van der Waals surface area (Å²) in [5, 5.41) is 0.183. The average Bonchev–Trinajstić information content (AvgIpc) is 3.02. The minimum atomic E-state index is -1.86. The second-order valence-corrected chi connectivity index (χ2v) is 13.3. The molecule has 1 aromatic carbocycles. The molecular formula is C20H28O5Si. The number of benzene rings is 1. The summed E-state index contributed by atoms with van der Waals surface area (Å²) in [7, 11) is -1.86. The first-order valence-electron chi connectivity index (χ1n) is 9.05. The Morgan fingerprint density at radius 2 is 1.88 bits per heavy atom. The zero-order valence-corrected chi connectivity index (χ0v) is 17.1. The first kappa shape index (κ1) is 19.4. The van der Waals surface area contributed by atoms with Crippen LogP contribution in [0.25, 0.3) is 0 Å². The van der Waals surface area contributed by atoms with Crippen molar-refractivity contribution in [2.75, 3.05) is 0 Å². The predicted molar refractivity (Wildman–Crippen MR) is 101 cm³/mol. The number of carbonyl (C=O) groups excluding carboxylic acids is 1. The Balaban J connectivity index is 1.73. The molecule has 4 atom stereocenters. The Bertz CT molecular complexity index is 665. The lowest BCUT2D eigenvalue weighted by Gasteiger charge is -2.24. The van der Waals surface area contributed by atoms with Crippen LogP contribution >= 0.6 is 0 Å². The van der Waals surface area contributed by atoms with E-state index in [-0.39, 0.29) is 23.7 Å². The van der Waals surface area contributed by atoms with Crippen LogP contribution in [0.5, 0.6) is 0 Å². The maximum absolute atomic E-state index is 12.3. The summed E-state index contributed by atoms with van der Waals surface area (Å²) in [6.45, 7) is 10.3. The standard InChI is InChI=1S/C20H28O5Si/c1-20(2)24-18-17(22-13-14-9-7-6-8-10-14)15(23-19(18)25-20)11-12-16(21)26(3,4)5/h6-12,15,17-19H,13H2,1-5H3/b12-11+/t15-,17+,18-,19-/m1/s1. The van der Waals surface area contributed by atoms with Gasteiger partial charge < -0.3 is 23.7 Å². The molecule has 3 rings (SSSR count). The summed E-state index contributed by atoms with van der Waals surface area (Å²) in [4.78, 5) is 12.3. The fourth-order valence-electron chi connectivity index (χ4n) is 3.05. The quantitative estimate of drug-likeness (QED) is 0.562. The predicted octanol–water partition coefficient (Wildman–Crippen LogP) is 3.45. The highest BCUT2D eigenvalue weighted by Gasteiger charge is 2.54. The first-order valence-corrected chi connectivity index (χ1v) is 12.5.